The van der Waals surface area contributed by atoms with Crippen LogP contribution in [0.15, 0.2) is 65.8 Å². The lowest BCUT2D eigenvalue weighted by Gasteiger charge is -2.11. The molecular weight excluding hydrogens is 355 g/mol. The molecule has 0 amide bonds. The summed E-state index contributed by atoms with van der Waals surface area (Å²) in [5, 5.41) is 3.70. The minimum Gasteiger partial charge on any atom is -0.239 e. The Hall–Kier alpha value is -2.58. The van der Waals surface area contributed by atoms with Crippen molar-refractivity contribution in [2.24, 2.45) is 0 Å². The SMILES string of the molecule is O=S(=O)(NCc1ccccc1)c1nc2n(n1)[C@H](c1ccccc1)C[C@@H]2F. The fraction of sp³-hybridized carbons (Fsp3) is 0.222. The van der Waals surface area contributed by atoms with Crippen molar-refractivity contribution in [3.63, 3.8) is 0 Å². The van der Waals surface area contributed by atoms with Crippen LogP contribution in [0.2, 0.25) is 0 Å². The van der Waals surface area contributed by atoms with E-state index in [-0.39, 0.29) is 24.8 Å². The van der Waals surface area contributed by atoms with Gasteiger partial charge in [-0.1, -0.05) is 60.7 Å². The fourth-order valence-corrected chi connectivity index (χ4v) is 3.96. The molecule has 4 rings (SSSR count). The molecule has 1 N–H and O–H groups in total. The summed E-state index contributed by atoms with van der Waals surface area (Å²) in [5.74, 6) is 0.0546. The van der Waals surface area contributed by atoms with Gasteiger partial charge in [0.05, 0.1) is 6.04 Å². The molecule has 6 nitrogen and oxygen atoms in total. The van der Waals surface area contributed by atoms with Gasteiger partial charge in [0.1, 0.15) is 0 Å². The smallest absolute Gasteiger partial charge is 0.239 e. The van der Waals surface area contributed by atoms with Crippen molar-refractivity contribution in [1.82, 2.24) is 19.5 Å². The number of halogens is 1. The topological polar surface area (TPSA) is 76.9 Å². The molecule has 0 spiro atoms. The largest absolute Gasteiger partial charge is 0.282 e. The molecule has 2 heterocycles. The van der Waals surface area contributed by atoms with E-state index in [1.54, 1.807) is 0 Å². The molecule has 0 radical (unpaired) electrons. The molecule has 0 aliphatic carbocycles. The number of hydrogen-bond donors (Lipinski definition) is 1. The number of rotatable bonds is 5. The van der Waals surface area contributed by atoms with Crippen LogP contribution in [-0.4, -0.2) is 23.2 Å². The number of benzene rings is 2. The van der Waals surface area contributed by atoms with E-state index in [1.165, 1.54) is 4.68 Å². The van der Waals surface area contributed by atoms with Crippen molar-refractivity contribution >= 4 is 10.0 Å². The van der Waals surface area contributed by atoms with Crippen molar-refractivity contribution < 1.29 is 12.8 Å². The summed E-state index contributed by atoms with van der Waals surface area (Å²) in [7, 11) is -3.93. The maximum Gasteiger partial charge on any atom is 0.282 e. The molecule has 2 atom stereocenters. The third-order valence-electron chi connectivity index (χ3n) is 4.38. The second-order valence-electron chi connectivity index (χ2n) is 6.14. The maximum atomic E-state index is 14.4. The summed E-state index contributed by atoms with van der Waals surface area (Å²) in [6, 6.07) is 18.1. The molecule has 0 unspecified atom stereocenters. The summed E-state index contributed by atoms with van der Waals surface area (Å²) >= 11 is 0. The lowest BCUT2D eigenvalue weighted by atomic mass is 10.0. The summed E-state index contributed by atoms with van der Waals surface area (Å²) in [4.78, 5) is 3.96. The van der Waals surface area contributed by atoms with Gasteiger partial charge in [-0.05, 0) is 11.1 Å². The van der Waals surface area contributed by atoms with Crippen LogP contribution in [0.1, 0.15) is 35.6 Å². The first-order valence-electron chi connectivity index (χ1n) is 8.23. The molecule has 8 heteroatoms. The molecule has 0 fully saturated rings. The van der Waals surface area contributed by atoms with Crippen LogP contribution in [-0.2, 0) is 16.6 Å². The van der Waals surface area contributed by atoms with Crippen molar-refractivity contribution in [2.75, 3.05) is 0 Å². The van der Waals surface area contributed by atoms with Gasteiger partial charge in [-0.25, -0.2) is 22.2 Å². The second kappa shape index (κ2) is 6.62. The Balaban J connectivity index is 1.60. The Kier molecular flexibility index (Phi) is 4.29. The van der Waals surface area contributed by atoms with Crippen molar-refractivity contribution in [1.29, 1.82) is 0 Å². The fourth-order valence-electron chi connectivity index (χ4n) is 3.06. The van der Waals surface area contributed by atoms with Gasteiger partial charge in [-0.15, -0.1) is 5.10 Å². The van der Waals surface area contributed by atoms with E-state index in [0.717, 1.165) is 11.1 Å². The zero-order chi connectivity index (χ0) is 18.1. The van der Waals surface area contributed by atoms with Crippen LogP contribution in [0, 0.1) is 0 Å². The summed E-state index contributed by atoms with van der Waals surface area (Å²) in [6.45, 7) is 0.119. The predicted octanol–water partition coefficient (Wildman–Crippen LogP) is 2.76. The lowest BCUT2D eigenvalue weighted by Crippen LogP contribution is -2.25. The van der Waals surface area contributed by atoms with Gasteiger partial charge < -0.3 is 0 Å². The van der Waals surface area contributed by atoms with E-state index >= 15 is 0 Å². The highest BCUT2D eigenvalue weighted by Crippen LogP contribution is 2.39. The maximum absolute atomic E-state index is 14.4. The quantitative estimate of drug-likeness (QED) is 0.747. The Labute approximate surface area is 150 Å². The lowest BCUT2D eigenvalue weighted by molar-refractivity contribution is 0.326. The van der Waals surface area contributed by atoms with Crippen LogP contribution in [0.5, 0.6) is 0 Å². The third-order valence-corrected chi connectivity index (χ3v) is 5.56. The van der Waals surface area contributed by atoms with Crippen LogP contribution < -0.4 is 4.72 Å². The van der Waals surface area contributed by atoms with Gasteiger partial charge in [0.25, 0.3) is 15.2 Å². The van der Waals surface area contributed by atoms with Crippen LogP contribution >= 0.6 is 0 Å². The molecule has 1 aliphatic heterocycles. The normalized spacial score (nSPS) is 19.4. The first-order chi connectivity index (χ1) is 12.5. The first-order valence-corrected chi connectivity index (χ1v) is 9.72. The average molecular weight is 372 g/mol. The van der Waals surface area contributed by atoms with E-state index < -0.39 is 21.4 Å². The molecular formula is C18H17FN4O2S. The summed E-state index contributed by atoms with van der Waals surface area (Å²) in [5.41, 5.74) is 1.69. The highest BCUT2D eigenvalue weighted by Gasteiger charge is 2.37. The van der Waals surface area contributed by atoms with Crippen molar-refractivity contribution in [3.05, 3.63) is 77.6 Å². The van der Waals surface area contributed by atoms with Crippen LogP contribution in [0.4, 0.5) is 4.39 Å². The van der Waals surface area contributed by atoms with Gasteiger partial charge in [-0.2, -0.15) is 4.98 Å². The Morgan fingerprint density at radius 1 is 1.08 bits per heavy atom. The Morgan fingerprint density at radius 3 is 2.42 bits per heavy atom. The summed E-state index contributed by atoms with van der Waals surface area (Å²) < 4.78 is 43.2. The molecule has 134 valence electrons. The van der Waals surface area contributed by atoms with E-state index in [9.17, 15) is 12.8 Å². The molecule has 0 saturated heterocycles. The zero-order valence-corrected chi connectivity index (χ0v) is 14.6. The molecule has 2 aromatic carbocycles. The summed E-state index contributed by atoms with van der Waals surface area (Å²) in [6.07, 6.45) is -1.14. The number of hydrogen-bond acceptors (Lipinski definition) is 4. The van der Waals surface area contributed by atoms with Gasteiger partial charge >= 0.3 is 0 Å². The number of aromatic nitrogens is 3. The van der Waals surface area contributed by atoms with E-state index in [2.05, 4.69) is 14.8 Å². The van der Waals surface area contributed by atoms with E-state index in [1.807, 2.05) is 60.7 Å². The van der Waals surface area contributed by atoms with Crippen LogP contribution in [0.3, 0.4) is 0 Å². The van der Waals surface area contributed by atoms with Crippen molar-refractivity contribution in [3.8, 4) is 0 Å². The third kappa shape index (κ3) is 3.13. The highest BCUT2D eigenvalue weighted by molar-refractivity contribution is 7.89. The zero-order valence-electron chi connectivity index (χ0n) is 13.8. The molecule has 1 aromatic heterocycles. The van der Waals surface area contributed by atoms with E-state index in [0.29, 0.717) is 0 Å². The molecule has 26 heavy (non-hydrogen) atoms. The van der Waals surface area contributed by atoms with Gasteiger partial charge in [0, 0.05) is 13.0 Å². The first kappa shape index (κ1) is 16.9. The minimum absolute atomic E-state index is 0.0546. The Bertz CT molecular complexity index is 1010. The number of nitrogens with one attached hydrogen (secondary N) is 1. The van der Waals surface area contributed by atoms with Crippen molar-refractivity contribution in [2.45, 2.75) is 30.3 Å². The standard InChI is InChI=1S/C18H17FN4O2S/c19-15-11-16(14-9-5-2-6-10-14)23-17(15)21-18(22-23)26(24,25)20-12-13-7-3-1-4-8-13/h1-10,15-16,20H,11-12H2/t15-,16-/m0/s1. The predicted molar refractivity (Wildman–Crippen MR) is 93.5 cm³/mol. The van der Waals surface area contributed by atoms with Gasteiger partial charge in [-0.3, -0.25) is 0 Å². The second-order valence-corrected chi connectivity index (χ2v) is 7.80. The highest BCUT2D eigenvalue weighted by atomic mass is 32.2. The number of alkyl halides is 1. The number of sulfonamides is 1. The molecule has 0 saturated carbocycles. The Morgan fingerprint density at radius 2 is 1.73 bits per heavy atom. The number of nitrogens with zero attached hydrogens (tertiary/aromatic N) is 3. The molecule has 3 aromatic rings. The minimum atomic E-state index is -3.93. The molecule has 0 bridgehead atoms. The monoisotopic (exact) mass is 372 g/mol. The van der Waals surface area contributed by atoms with Gasteiger partial charge in [0.2, 0.25) is 0 Å². The molecule has 1 aliphatic rings. The van der Waals surface area contributed by atoms with E-state index in [4.69, 9.17) is 0 Å². The average Bonchev–Trinajstić information content (AvgIpc) is 3.23. The van der Waals surface area contributed by atoms with Crippen LogP contribution in [0.25, 0.3) is 0 Å². The number of fused-ring (bicyclic) bond motifs is 1. The van der Waals surface area contributed by atoms with Gasteiger partial charge in [0.15, 0.2) is 12.0 Å².